The molecule has 1 aromatic carbocycles. The highest BCUT2D eigenvalue weighted by molar-refractivity contribution is 6.23. The summed E-state index contributed by atoms with van der Waals surface area (Å²) in [5.74, 6) is -0.679. The minimum Gasteiger partial charge on any atom is -0.481 e. The van der Waals surface area contributed by atoms with Crippen LogP contribution in [0.3, 0.4) is 0 Å². The third-order valence-corrected chi connectivity index (χ3v) is 11.5. The normalized spacial score (nSPS) is 43.2. The standard InChI is InChI=1S/C31H39NO4/c1-17(2)21-16-31-14-11-22-29(4,12-6-13-30(22,5)28(35)36)23(31)15-20(21)24-25(31)27(34)32(26(24)33)19-9-7-18(3)8-10-19/h7-10,16-17,20,22-25H,6,11-15H2,1-5H3,(H,35,36)/t20-,22+,23+,24+,25+,29-,30+,31-/m0/s1. The van der Waals surface area contributed by atoms with Crippen LogP contribution >= 0.6 is 0 Å². The van der Waals surface area contributed by atoms with Crippen LogP contribution in [0.5, 0.6) is 0 Å². The lowest BCUT2D eigenvalue weighted by molar-refractivity contribution is -0.194. The monoisotopic (exact) mass is 489 g/mol. The van der Waals surface area contributed by atoms with Crippen LogP contribution in [0.15, 0.2) is 35.9 Å². The highest BCUT2D eigenvalue weighted by Gasteiger charge is 2.73. The summed E-state index contributed by atoms with van der Waals surface area (Å²) in [5, 5.41) is 10.3. The fourth-order valence-electron chi connectivity index (χ4n) is 9.91. The van der Waals surface area contributed by atoms with Crippen molar-refractivity contribution in [1.29, 1.82) is 0 Å². The molecule has 1 heterocycles. The van der Waals surface area contributed by atoms with E-state index in [4.69, 9.17) is 0 Å². The van der Waals surface area contributed by atoms with Crippen molar-refractivity contribution in [2.24, 2.45) is 51.8 Å². The molecular weight excluding hydrogens is 450 g/mol. The first kappa shape index (κ1) is 23.9. The Kier molecular flexibility index (Phi) is 5.02. The number of carbonyl (C=O) groups excluding carboxylic acids is 2. The van der Waals surface area contributed by atoms with Gasteiger partial charge >= 0.3 is 5.97 Å². The number of hydrogen-bond acceptors (Lipinski definition) is 3. The average Bonchev–Trinajstić information content (AvgIpc) is 3.11. The lowest BCUT2D eigenvalue weighted by atomic mass is 9.34. The van der Waals surface area contributed by atoms with Crippen LogP contribution in [0.25, 0.3) is 0 Å². The molecule has 1 aliphatic heterocycles. The van der Waals surface area contributed by atoms with E-state index in [1.54, 1.807) is 0 Å². The highest BCUT2D eigenvalue weighted by atomic mass is 16.4. The van der Waals surface area contributed by atoms with Crippen LogP contribution in [0.1, 0.15) is 71.8 Å². The minimum atomic E-state index is -0.723. The molecule has 192 valence electrons. The second kappa shape index (κ2) is 7.55. The number of aliphatic carboxylic acids is 1. The summed E-state index contributed by atoms with van der Waals surface area (Å²) in [6, 6.07) is 7.72. The Balaban J connectivity index is 1.49. The SMILES string of the molecule is Cc1ccc(N2C(=O)[C@@H]3[C@H]4C[C@@H]5[C@@]6(C)CCC[C@@](C)(C(=O)O)[C@@H]6CC[C@@]5(C=C4C(C)C)[C@H]3C2=O)cc1. The van der Waals surface area contributed by atoms with E-state index in [1.165, 1.54) is 10.5 Å². The van der Waals surface area contributed by atoms with E-state index in [0.29, 0.717) is 11.6 Å². The first-order chi connectivity index (χ1) is 17.0. The fourth-order valence-corrected chi connectivity index (χ4v) is 9.91. The molecule has 0 radical (unpaired) electrons. The quantitative estimate of drug-likeness (QED) is 0.417. The number of carbonyl (C=O) groups is 3. The molecule has 3 saturated carbocycles. The summed E-state index contributed by atoms with van der Waals surface area (Å²) in [7, 11) is 0. The van der Waals surface area contributed by atoms with Gasteiger partial charge in [0.15, 0.2) is 0 Å². The van der Waals surface area contributed by atoms with Gasteiger partial charge in [-0.15, -0.1) is 0 Å². The molecule has 0 unspecified atom stereocenters. The van der Waals surface area contributed by atoms with E-state index < -0.39 is 11.4 Å². The number of hydrogen-bond donors (Lipinski definition) is 1. The summed E-state index contributed by atoms with van der Waals surface area (Å²) in [6.07, 6.45) is 7.58. The Morgan fingerprint density at radius 2 is 1.72 bits per heavy atom. The number of imide groups is 1. The number of nitrogens with zero attached hydrogens (tertiary/aromatic N) is 1. The number of carboxylic acids is 1. The summed E-state index contributed by atoms with van der Waals surface area (Å²) >= 11 is 0. The van der Waals surface area contributed by atoms with Crippen molar-refractivity contribution in [3.05, 3.63) is 41.5 Å². The summed E-state index contributed by atoms with van der Waals surface area (Å²) in [6.45, 7) is 10.7. The number of carboxylic acid groups (broad SMARTS) is 1. The van der Waals surface area contributed by atoms with E-state index in [9.17, 15) is 19.5 Å². The molecule has 8 atom stereocenters. The van der Waals surface area contributed by atoms with Gasteiger partial charge in [-0.05, 0) is 87.2 Å². The molecule has 5 heteroatoms. The number of fused-ring (bicyclic) bond motifs is 1. The molecule has 36 heavy (non-hydrogen) atoms. The molecule has 6 aliphatic rings. The van der Waals surface area contributed by atoms with Crippen LogP contribution in [-0.2, 0) is 14.4 Å². The molecule has 2 bridgehead atoms. The van der Waals surface area contributed by atoms with Gasteiger partial charge in [-0.1, -0.05) is 56.5 Å². The molecule has 1 saturated heterocycles. The third kappa shape index (κ3) is 2.80. The molecule has 5 aliphatic carbocycles. The van der Waals surface area contributed by atoms with Gasteiger partial charge < -0.3 is 5.11 Å². The van der Waals surface area contributed by atoms with Crippen molar-refractivity contribution < 1.29 is 19.5 Å². The number of rotatable bonds is 3. The number of allylic oxidation sites excluding steroid dienone is 2. The van der Waals surface area contributed by atoms with Gasteiger partial charge in [0.05, 0.1) is 22.9 Å². The van der Waals surface area contributed by atoms with Gasteiger partial charge in [-0.25, -0.2) is 0 Å². The van der Waals surface area contributed by atoms with Gasteiger partial charge in [-0.3, -0.25) is 19.3 Å². The maximum atomic E-state index is 14.2. The number of aryl methyl sites for hydroxylation is 1. The third-order valence-electron chi connectivity index (χ3n) is 11.5. The largest absolute Gasteiger partial charge is 0.481 e. The van der Waals surface area contributed by atoms with Crippen molar-refractivity contribution >= 4 is 23.5 Å². The number of benzene rings is 1. The zero-order valence-electron chi connectivity index (χ0n) is 22.2. The first-order valence-electron chi connectivity index (χ1n) is 13.9. The van der Waals surface area contributed by atoms with Crippen molar-refractivity contribution in [2.45, 2.75) is 73.1 Å². The topological polar surface area (TPSA) is 74.7 Å². The van der Waals surface area contributed by atoms with Gasteiger partial charge in [0.25, 0.3) is 0 Å². The second-order valence-corrected chi connectivity index (χ2v) is 13.3. The molecule has 1 aromatic rings. The highest BCUT2D eigenvalue weighted by Crippen LogP contribution is 2.74. The zero-order valence-corrected chi connectivity index (χ0v) is 22.2. The Morgan fingerprint density at radius 3 is 2.36 bits per heavy atom. The van der Waals surface area contributed by atoms with Crippen molar-refractivity contribution in [2.75, 3.05) is 4.90 Å². The van der Waals surface area contributed by atoms with E-state index in [2.05, 4.69) is 26.8 Å². The van der Waals surface area contributed by atoms with E-state index in [-0.39, 0.29) is 52.2 Å². The minimum absolute atomic E-state index is 0.0331. The Morgan fingerprint density at radius 1 is 1.03 bits per heavy atom. The Bertz CT molecular complexity index is 1180. The molecule has 2 amide bonds. The van der Waals surface area contributed by atoms with Gasteiger partial charge in [0.2, 0.25) is 11.8 Å². The first-order valence-corrected chi connectivity index (χ1v) is 13.9. The van der Waals surface area contributed by atoms with Crippen LogP contribution < -0.4 is 4.90 Å². The lowest BCUT2D eigenvalue weighted by Gasteiger charge is -2.68. The smallest absolute Gasteiger partial charge is 0.309 e. The molecule has 1 spiro atoms. The summed E-state index contributed by atoms with van der Waals surface area (Å²) < 4.78 is 0. The Labute approximate surface area is 214 Å². The molecule has 0 aromatic heterocycles. The maximum Gasteiger partial charge on any atom is 0.309 e. The van der Waals surface area contributed by atoms with E-state index >= 15 is 0 Å². The lowest BCUT2D eigenvalue weighted by Crippen LogP contribution is -2.65. The van der Waals surface area contributed by atoms with Gasteiger partial charge in [0, 0.05) is 5.41 Å². The van der Waals surface area contributed by atoms with E-state index in [0.717, 1.165) is 44.1 Å². The molecule has 4 fully saturated rings. The maximum absolute atomic E-state index is 14.2. The van der Waals surface area contributed by atoms with Crippen LogP contribution in [0, 0.1) is 58.7 Å². The number of anilines is 1. The second-order valence-electron chi connectivity index (χ2n) is 13.3. The van der Waals surface area contributed by atoms with Gasteiger partial charge in [-0.2, -0.15) is 0 Å². The van der Waals surface area contributed by atoms with E-state index in [1.807, 2.05) is 38.1 Å². The van der Waals surface area contributed by atoms with Crippen LogP contribution in [-0.4, -0.2) is 22.9 Å². The Hall–Kier alpha value is -2.43. The molecular formula is C31H39NO4. The summed E-state index contributed by atoms with van der Waals surface area (Å²) in [5.41, 5.74) is 1.89. The summed E-state index contributed by atoms with van der Waals surface area (Å²) in [4.78, 5) is 42.3. The number of amides is 2. The average molecular weight is 490 g/mol. The van der Waals surface area contributed by atoms with Crippen molar-refractivity contribution in [3.63, 3.8) is 0 Å². The predicted molar refractivity (Wildman–Crippen MR) is 138 cm³/mol. The molecule has 1 N–H and O–H groups in total. The van der Waals surface area contributed by atoms with Crippen molar-refractivity contribution in [1.82, 2.24) is 0 Å². The molecule has 7 rings (SSSR count). The fraction of sp³-hybridized carbons (Fsp3) is 0.645. The zero-order chi connectivity index (χ0) is 25.8. The van der Waals surface area contributed by atoms with Crippen LogP contribution in [0.4, 0.5) is 5.69 Å². The van der Waals surface area contributed by atoms with Crippen molar-refractivity contribution in [3.8, 4) is 0 Å². The van der Waals surface area contributed by atoms with Crippen LogP contribution in [0.2, 0.25) is 0 Å². The molecule has 5 nitrogen and oxygen atoms in total. The predicted octanol–water partition coefficient (Wildman–Crippen LogP) is 6.01. The van der Waals surface area contributed by atoms with Gasteiger partial charge in [0.1, 0.15) is 0 Å².